The van der Waals surface area contributed by atoms with E-state index in [4.69, 9.17) is 9.40 Å². The molecule has 140 valence electrons. The summed E-state index contributed by atoms with van der Waals surface area (Å²) in [5.41, 5.74) is 3.12. The summed E-state index contributed by atoms with van der Waals surface area (Å²) in [6.45, 7) is 1.07. The van der Waals surface area contributed by atoms with Crippen molar-refractivity contribution in [1.82, 2.24) is 14.5 Å². The maximum Gasteiger partial charge on any atom is 0.289 e. The number of amides is 1. The fourth-order valence-corrected chi connectivity index (χ4v) is 3.18. The third-order valence-corrected chi connectivity index (χ3v) is 4.59. The molecule has 0 unspecified atom stereocenters. The monoisotopic (exact) mass is 371 g/mol. The van der Waals surface area contributed by atoms with E-state index < -0.39 is 0 Å². The topological polar surface area (TPSA) is 51.3 Å². The Morgan fingerprint density at radius 3 is 2.64 bits per heavy atom. The largest absolute Gasteiger partial charge is 0.459 e. The first-order valence-corrected chi connectivity index (χ1v) is 9.17. The number of fused-ring (bicyclic) bond motifs is 1. The molecule has 0 bridgehead atoms. The van der Waals surface area contributed by atoms with Crippen LogP contribution in [-0.4, -0.2) is 27.4 Å². The highest BCUT2D eigenvalue weighted by atomic mass is 16.3. The highest BCUT2D eigenvalue weighted by molar-refractivity contribution is 5.91. The molecule has 0 atom stereocenters. The Morgan fingerprint density at radius 1 is 1.07 bits per heavy atom. The van der Waals surface area contributed by atoms with Crippen LogP contribution < -0.4 is 0 Å². The SMILES string of the molecule is CN(Cc1nc2ccccc2n1C/C=C\c1ccccc1)C(=O)c1ccco1. The molecular weight excluding hydrogens is 350 g/mol. The summed E-state index contributed by atoms with van der Waals surface area (Å²) in [7, 11) is 1.76. The number of imidazole rings is 1. The van der Waals surface area contributed by atoms with Crippen molar-refractivity contribution in [2.75, 3.05) is 7.05 Å². The Hall–Kier alpha value is -3.60. The first kappa shape index (κ1) is 17.8. The number of hydrogen-bond acceptors (Lipinski definition) is 3. The van der Waals surface area contributed by atoms with Crippen LogP contribution >= 0.6 is 0 Å². The van der Waals surface area contributed by atoms with Crippen molar-refractivity contribution in [2.45, 2.75) is 13.1 Å². The van der Waals surface area contributed by atoms with Gasteiger partial charge in [0, 0.05) is 13.6 Å². The number of carbonyl (C=O) groups excluding carboxylic acids is 1. The quantitative estimate of drug-likeness (QED) is 0.497. The van der Waals surface area contributed by atoms with Gasteiger partial charge in [-0.15, -0.1) is 0 Å². The normalized spacial score (nSPS) is 11.3. The Balaban J connectivity index is 1.60. The minimum absolute atomic E-state index is 0.163. The molecule has 4 rings (SSSR count). The summed E-state index contributed by atoms with van der Waals surface area (Å²) in [6.07, 6.45) is 5.71. The van der Waals surface area contributed by atoms with Gasteiger partial charge in [0.15, 0.2) is 5.76 Å². The number of furan rings is 1. The molecule has 0 saturated heterocycles. The predicted octanol–water partition coefficient (Wildman–Crippen LogP) is 4.61. The van der Waals surface area contributed by atoms with E-state index in [9.17, 15) is 4.79 Å². The Labute approximate surface area is 163 Å². The van der Waals surface area contributed by atoms with Gasteiger partial charge in [0.2, 0.25) is 0 Å². The van der Waals surface area contributed by atoms with E-state index in [-0.39, 0.29) is 5.91 Å². The maximum atomic E-state index is 12.5. The number of carbonyl (C=O) groups is 1. The van der Waals surface area contributed by atoms with Gasteiger partial charge in [0.05, 0.1) is 23.8 Å². The fourth-order valence-electron chi connectivity index (χ4n) is 3.18. The lowest BCUT2D eigenvalue weighted by molar-refractivity contribution is 0.0749. The van der Waals surface area contributed by atoms with Crippen molar-refractivity contribution in [3.05, 3.63) is 96.2 Å². The number of nitrogens with zero attached hydrogens (tertiary/aromatic N) is 3. The van der Waals surface area contributed by atoms with Crippen molar-refractivity contribution in [2.24, 2.45) is 0 Å². The molecule has 4 aromatic rings. The number of benzene rings is 2. The molecule has 28 heavy (non-hydrogen) atoms. The van der Waals surface area contributed by atoms with E-state index in [1.165, 1.54) is 6.26 Å². The van der Waals surface area contributed by atoms with E-state index >= 15 is 0 Å². The fraction of sp³-hybridized carbons (Fsp3) is 0.130. The smallest absolute Gasteiger partial charge is 0.289 e. The van der Waals surface area contributed by atoms with Crippen molar-refractivity contribution in [3.8, 4) is 0 Å². The first-order valence-electron chi connectivity index (χ1n) is 9.17. The number of hydrogen-bond donors (Lipinski definition) is 0. The Morgan fingerprint density at radius 2 is 1.86 bits per heavy atom. The maximum absolute atomic E-state index is 12.5. The lowest BCUT2D eigenvalue weighted by Gasteiger charge is -2.16. The molecule has 1 amide bonds. The summed E-state index contributed by atoms with van der Waals surface area (Å²) in [5, 5.41) is 0. The molecular formula is C23H21N3O2. The summed E-state index contributed by atoms with van der Waals surface area (Å²) in [4.78, 5) is 18.9. The molecule has 0 fully saturated rings. The third-order valence-electron chi connectivity index (χ3n) is 4.59. The average Bonchev–Trinajstić information content (AvgIpc) is 3.37. The van der Waals surface area contributed by atoms with Crippen LogP contribution in [0.5, 0.6) is 0 Å². The second kappa shape index (κ2) is 7.96. The lowest BCUT2D eigenvalue weighted by atomic mass is 10.2. The summed E-state index contributed by atoms with van der Waals surface area (Å²) in [6, 6.07) is 21.6. The molecule has 5 nitrogen and oxygen atoms in total. The van der Waals surface area contributed by atoms with Crippen LogP contribution in [0.25, 0.3) is 17.1 Å². The molecule has 0 aliphatic heterocycles. The summed E-state index contributed by atoms with van der Waals surface area (Å²) < 4.78 is 7.37. The van der Waals surface area contributed by atoms with Gasteiger partial charge in [-0.25, -0.2) is 4.98 Å². The molecule has 5 heteroatoms. The summed E-state index contributed by atoms with van der Waals surface area (Å²) in [5.74, 6) is 0.999. The molecule has 2 aromatic heterocycles. The second-order valence-electron chi connectivity index (χ2n) is 6.58. The first-order chi connectivity index (χ1) is 13.7. The van der Waals surface area contributed by atoms with E-state index in [2.05, 4.69) is 34.9 Å². The zero-order valence-electron chi connectivity index (χ0n) is 15.7. The zero-order chi connectivity index (χ0) is 19.3. The summed E-state index contributed by atoms with van der Waals surface area (Å²) >= 11 is 0. The van der Waals surface area contributed by atoms with E-state index in [0.717, 1.165) is 22.4 Å². The standard InChI is InChI=1S/C23H21N3O2/c1-25(23(27)21-14-8-16-28-21)17-22-24-19-12-5-6-13-20(19)26(22)15-7-11-18-9-3-2-4-10-18/h2-14,16H,15,17H2,1H3/b11-7-. The number of aromatic nitrogens is 2. The van der Waals surface area contributed by atoms with Gasteiger partial charge in [-0.2, -0.15) is 0 Å². The highest BCUT2D eigenvalue weighted by Gasteiger charge is 2.18. The average molecular weight is 371 g/mol. The molecule has 2 aromatic carbocycles. The second-order valence-corrected chi connectivity index (χ2v) is 6.58. The molecule has 2 heterocycles. The molecule has 0 N–H and O–H groups in total. The third kappa shape index (κ3) is 3.74. The Bertz CT molecular complexity index is 1100. The van der Waals surface area contributed by atoms with Crippen LogP contribution in [0.3, 0.4) is 0 Å². The van der Waals surface area contributed by atoms with Crippen molar-refractivity contribution >= 4 is 23.0 Å². The van der Waals surface area contributed by atoms with E-state index in [1.54, 1.807) is 24.1 Å². The van der Waals surface area contributed by atoms with Gasteiger partial charge >= 0.3 is 0 Å². The van der Waals surface area contributed by atoms with Crippen LogP contribution in [0.1, 0.15) is 21.9 Å². The molecule has 0 aliphatic carbocycles. The van der Waals surface area contributed by atoms with Crippen LogP contribution in [-0.2, 0) is 13.1 Å². The molecule has 0 saturated carbocycles. The molecule has 0 spiro atoms. The van der Waals surface area contributed by atoms with Gasteiger partial charge in [0.25, 0.3) is 5.91 Å². The molecule has 0 aliphatic rings. The van der Waals surface area contributed by atoms with E-state index in [0.29, 0.717) is 18.8 Å². The molecule has 0 radical (unpaired) electrons. The van der Waals surface area contributed by atoms with Crippen LogP contribution in [0, 0.1) is 0 Å². The van der Waals surface area contributed by atoms with E-state index in [1.807, 2.05) is 36.4 Å². The highest BCUT2D eigenvalue weighted by Crippen LogP contribution is 2.18. The van der Waals surface area contributed by atoms with Crippen LogP contribution in [0.15, 0.2) is 83.5 Å². The van der Waals surface area contributed by atoms with Crippen LogP contribution in [0.4, 0.5) is 0 Å². The van der Waals surface area contributed by atoms with Gasteiger partial charge < -0.3 is 13.9 Å². The van der Waals surface area contributed by atoms with Gasteiger partial charge in [-0.1, -0.05) is 54.6 Å². The predicted molar refractivity (Wildman–Crippen MR) is 110 cm³/mol. The lowest BCUT2D eigenvalue weighted by Crippen LogP contribution is -2.27. The van der Waals surface area contributed by atoms with Gasteiger partial charge in [-0.05, 0) is 29.8 Å². The Kier molecular flexibility index (Phi) is 5.06. The zero-order valence-corrected chi connectivity index (χ0v) is 15.7. The number of allylic oxidation sites excluding steroid dienone is 1. The van der Waals surface area contributed by atoms with Gasteiger partial charge in [-0.3, -0.25) is 4.79 Å². The minimum Gasteiger partial charge on any atom is -0.459 e. The number of rotatable bonds is 6. The van der Waals surface area contributed by atoms with Crippen molar-refractivity contribution in [3.63, 3.8) is 0 Å². The van der Waals surface area contributed by atoms with Crippen LogP contribution in [0.2, 0.25) is 0 Å². The van der Waals surface area contributed by atoms with Gasteiger partial charge in [0.1, 0.15) is 5.82 Å². The van der Waals surface area contributed by atoms with Crippen molar-refractivity contribution in [1.29, 1.82) is 0 Å². The minimum atomic E-state index is -0.163. The van der Waals surface area contributed by atoms with Crippen molar-refractivity contribution < 1.29 is 9.21 Å². The number of para-hydroxylation sites is 2.